The second-order valence-corrected chi connectivity index (χ2v) is 16.4. The highest BCUT2D eigenvalue weighted by Gasteiger charge is 2.44. The maximum Gasteiger partial charge on any atom is 0.264 e. The van der Waals surface area contributed by atoms with Gasteiger partial charge in [0.25, 0.3) is 5.91 Å². The molecule has 0 radical (unpaired) electrons. The summed E-state index contributed by atoms with van der Waals surface area (Å²) in [6, 6.07) is 11.4. The van der Waals surface area contributed by atoms with E-state index in [0.29, 0.717) is 43.9 Å². The van der Waals surface area contributed by atoms with Gasteiger partial charge in [-0.2, -0.15) is 0 Å². The number of fused-ring (bicyclic) bond motifs is 4. The SMILES string of the molecule is CC(C)C[C@@H]1[C@H](C)C/C=C\[C@H](O)[C@@H]2CC[C@H]2CN2C[C@@]3(CCCc4cc(Cl)ccc43)COc3ccc(cc32)C(=O)NS1(=O)=O. The largest absolute Gasteiger partial charge is 0.490 e. The van der Waals surface area contributed by atoms with E-state index in [9.17, 15) is 18.3 Å². The predicted molar refractivity (Wildman–Crippen MR) is 175 cm³/mol. The molecule has 2 aliphatic heterocycles. The van der Waals surface area contributed by atoms with Crippen molar-refractivity contribution in [2.75, 3.05) is 24.6 Å². The van der Waals surface area contributed by atoms with Crippen molar-refractivity contribution in [2.45, 2.75) is 82.5 Å². The Morgan fingerprint density at radius 2 is 2.00 bits per heavy atom. The average Bonchev–Trinajstić information content (AvgIpc) is 3.10. The van der Waals surface area contributed by atoms with Crippen LogP contribution in [0, 0.1) is 23.7 Å². The molecule has 2 aromatic rings. The first-order chi connectivity index (χ1) is 21.0. The summed E-state index contributed by atoms with van der Waals surface area (Å²) in [7, 11) is -3.97. The zero-order valence-corrected chi connectivity index (χ0v) is 27.5. The monoisotopic (exact) mass is 640 g/mol. The normalized spacial score (nSPS) is 32.5. The van der Waals surface area contributed by atoms with Crippen LogP contribution in [0.3, 0.4) is 0 Å². The highest BCUT2D eigenvalue weighted by atomic mass is 35.5. The summed E-state index contributed by atoms with van der Waals surface area (Å²) >= 11 is 6.40. The van der Waals surface area contributed by atoms with Crippen molar-refractivity contribution >= 4 is 33.2 Å². The standard InChI is InChI=1S/C35H45ClN2O5S/c1-22(2)16-33-23(3)6-4-8-31(39)28-12-9-26(28)19-38-20-35(15-5-7-24-17-27(36)11-13-29(24)35)21-43-32-14-10-25(18-30(32)38)34(40)37-44(33,41)42/h4,8,10-11,13-14,17-18,22-23,26,28,31,33,39H,5-7,9,12,15-16,19-21H2,1-3H3,(H,37,40)/b8-4-/t23-,26+,28-,31+,33-,35+/m1/s1. The van der Waals surface area contributed by atoms with Crippen molar-refractivity contribution in [1.82, 2.24) is 4.72 Å². The van der Waals surface area contributed by atoms with Crippen molar-refractivity contribution in [3.05, 3.63) is 70.3 Å². The third-order valence-corrected chi connectivity index (χ3v) is 12.6. The molecule has 1 amide bonds. The number of halogens is 1. The quantitative estimate of drug-likeness (QED) is 0.376. The van der Waals surface area contributed by atoms with Gasteiger partial charge in [-0.1, -0.05) is 50.6 Å². The van der Waals surface area contributed by atoms with Crippen LogP contribution >= 0.6 is 11.6 Å². The Labute approximate surface area is 267 Å². The first-order valence-corrected chi connectivity index (χ1v) is 18.1. The average molecular weight is 641 g/mol. The van der Waals surface area contributed by atoms with E-state index in [1.165, 1.54) is 11.1 Å². The number of rotatable bonds is 2. The lowest BCUT2D eigenvalue weighted by molar-refractivity contribution is 0.0455. The number of sulfonamides is 1. The lowest BCUT2D eigenvalue weighted by Crippen LogP contribution is -2.49. The van der Waals surface area contributed by atoms with Gasteiger partial charge in [0, 0.05) is 29.1 Å². The Morgan fingerprint density at radius 1 is 1.18 bits per heavy atom. The molecule has 1 saturated carbocycles. The van der Waals surface area contributed by atoms with E-state index in [0.717, 1.165) is 42.8 Å². The molecule has 0 unspecified atom stereocenters. The molecule has 6 atom stereocenters. The third-order valence-electron chi connectivity index (χ3n) is 10.5. The highest BCUT2D eigenvalue weighted by Crippen LogP contribution is 2.46. The minimum absolute atomic E-state index is 0.122. The van der Waals surface area contributed by atoms with Crippen LogP contribution in [0.25, 0.3) is 0 Å². The van der Waals surface area contributed by atoms with Crippen LogP contribution in [-0.2, 0) is 21.9 Å². The number of aliphatic hydroxyl groups is 1. The zero-order chi connectivity index (χ0) is 31.2. The Bertz CT molecular complexity index is 1540. The van der Waals surface area contributed by atoms with Crippen LogP contribution in [0.5, 0.6) is 5.75 Å². The number of aliphatic hydroxyl groups excluding tert-OH is 1. The molecular formula is C35H45ClN2O5S. The topological polar surface area (TPSA) is 95.9 Å². The number of amides is 1. The molecule has 9 heteroatoms. The summed E-state index contributed by atoms with van der Waals surface area (Å²) in [5.41, 5.74) is 3.34. The molecular weight excluding hydrogens is 596 g/mol. The van der Waals surface area contributed by atoms with Gasteiger partial charge >= 0.3 is 0 Å². The smallest absolute Gasteiger partial charge is 0.264 e. The van der Waals surface area contributed by atoms with Crippen LogP contribution in [0.15, 0.2) is 48.6 Å². The Balaban J connectivity index is 1.42. The van der Waals surface area contributed by atoms with Crippen LogP contribution in [0.1, 0.15) is 80.8 Å². The number of hydrogen-bond donors (Lipinski definition) is 2. The molecule has 0 saturated heterocycles. The van der Waals surface area contributed by atoms with E-state index in [2.05, 4.69) is 21.8 Å². The van der Waals surface area contributed by atoms with Crippen molar-refractivity contribution in [3.8, 4) is 5.75 Å². The third kappa shape index (κ3) is 6.14. The molecule has 2 aliphatic carbocycles. The number of nitrogens with zero attached hydrogens (tertiary/aromatic N) is 1. The number of benzene rings is 2. The molecule has 2 heterocycles. The van der Waals surface area contributed by atoms with E-state index in [-0.39, 0.29) is 29.1 Å². The number of nitrogens with one attached hydrogen (secondary N) is 1. The molecule has 0 aromatic heterocycles. The predicted octanol–water partition coefficient (Wildman–Crippen LogP) is 6.27. The molecule has 2 aromatic carbocycles. The van der Waals surface area contributed by atoms with Gasteiger partial charge in [-0.25, -0.2) is 13.1 Å². The Hall–Kier alpha value is -2.55. The Kier molecular flexibility index (Phi) is 8.81. The molecule has 6 rings (SSSR count). The van der Waals surface area contributed by atoms with Crippen molar-refractivity contribution in [1.29, 1.82) is 0 Å². The summed E-state index contributed by atoms with van der Waals surface area (Å²) in [5.74, 6) is 0.379. The number of carbonyl (C=O) groups excluding carboxylic acids is 1. The molecule has 4 aliphatic rings. The number of ether oxygens (including phenoxy) is 1. The van der Waals surface area contributed by atoms with Crippen LogP contribution < -0.4 is 14.4 Å². The number of hydrogen-bond acceptors (Lipinski definition) is 6. The molecule has 238 valence electrons. The van der Waals surface area contributed by atoms with Gasteiger partial charge in [0.05, 0.1) is 23.6 Å². The Morgan fingerprint density at radius 3 is 2.75 bits per heavy atom. The van der Waals surface area contributed by atoms with Crippen LogP contribution in [0.4, 0.5) is 5.69 Å². The van der Waals surface area contributed by atoms with Crippen LogP contribution in [0.2, 0.25) is 5.02 Å². The first-order valence-electron chi connectivity index (χ1n) is 16.2. The first kappa shape index (κ1) is 31.4. The maximum absolute atomic E-state index is 13.7. The van der Waals surface area contributed by atoms with Crippen molar-refractivity contribution < 1.29 is 23.1 Å². The lowest BCUT2D eigenvalue weighted by atomic mass is 9.68. The highest BCUT2D eigenvalue weighted by molar-refractivity contribution is 7.90. The second-order valence-electron chi connectivity index (χ2n) is 14.1. The second kappa shape index (κ2) is 12.3. The van der Waals surface area contributed by atoms with Gasteiger partial charge in [-0.3, -0.25) is 4.79 Å². The fourth-order valence-corrected chi connectivity index (χ4v) is 10.0. The van der Waals surface area contributed by atoms with Gasteiger partial charge in [-0.15, -0.1) is 0 Å². The van der Waals surface area contributed by atoms with Crippen molar-refractivity contribution in [3.63, 3.8) is 0 Å². The summed E-state index contributed by atoms with van der Waals surface area (Å²) in [5, 5.41) is 11.2. The zero-order valence-electron chi connectivity index (χ0n) is 26.0. The fourth-order valence-electron chi connectivity index (χ4n) is 7.93. The minimum atomic E-state index is -3.97. The summed E-state index contributed by atoms with van der Waals surface area (Å²) in [6.45, 7) is 7.81. The molecule has 44 heavy (non-hydrogen) atoms. The van der Waals surface area contributed by atoms with Gasteiger partial charge < -0.3 is 14.7 Å². The van der Waals surface area contributed by atoms with E-state index >= 15 is 0 Å². The molecule has 7 nitrogen and oxygen atoms in total. The molecule has 2 bridgehead atoms. The summed E-state index contributed by atoms with van der Waals surface area (Å²) in [6.07, 6.45) is 9.08. The maximum atomic E-state index is 13.7. The fraction of sp³-hybridized carbons (Fsp3) is 0.571. The summed E-state index contributed by atoms with van der Waals surface area (Å²) in [4.78, 5) is 15.9. The van der Waals surface area contributed by atoms with Gasteiger partial charge in [-0.05, 0) is 110 Å². The molecule has 1 fully saturated rings. The lowest BCUT2D eigenvalue weighted by Gasteiger charge is -2.45. The van der Waals surface area contributed by atoms with E-state index < -0.39 is 27.3 Å². The van der Waals surface area contributed by atoms with Crippen molar-refractivity contribution in [2.24, 2.45) is 23.7 Å². The molecule has 1 spiro atoms. The minimum Gasteiger partial charge on any atom is -0.490 e. The van der Waals surface area contributed by atoms with Gasteiger partial charge in [0.2, 0.25) is 10.0 Å². The number of allylic oxidation sites excluding steroid dienone is 1. The number of anilines is 1. The van der Waals surface area contributed by atoms with Gasteiger partial charge in [0.1, 0.15) is 5.75 Å². The van der Waals surface area contributed by atoms with Crippen LogP contribution in [-0.4, -0.2) is 50.5 Å². The molecule has 2 N–H and O–H groups in total. The van der Waals surface area contributed by atoms with E-state index in [1.807, 2.05) is 45.1 Å². The van der Waals surface area contributed by atoms with E-state index in [1.54, 1.807) is 12.1 Å². The number of carbonyl (C=O) groups is 1. The summed E-state index contributed by atoms with van der Waals surface area (Å²) < 4.78 is 36.3. The van der Waals surface area contributed by atoms with Gasteiger partial charge in [0.15, 0.2) is 0 Å². The van der Waals surface area contributed by atoms with E-state index in [4.69, 9.17) is 16.3 Å². The number of aryl methyl sites for hydroxylation is 1.